The van der Waals surface area contributed by atoms with Crippen molar-refractivity contribution in [2.45, 2.75) is 74.7 Å². The molecule has 0 spiro atoms. The minimum absolute atomic E-state index is 0.142. The van der Waals surface area contributed by atoms with Gasteiger partial charge in [-0.1, -0.05) is 18.7 Å². The minimum atomic E-state index is -0.797. The quantitative estimate of drug-likeness (QED) is 0.226. The van der Waals surface area contributed by atoms with Crippen molar-refractivity contribution in [1.29, 1.82) is 0 Å². The van der Waals surface area contributed by atoms with Crippen molar-refractivity contribution in [2.24, 2.45) is 5.92 Å². The lowest BCUT2D eigenvalue weighted by molar-refractivity contribution is -0.163. The van der Waals surface area contributed by atoms with Gasteiger partial charge in [-0.2, -0.15) is 0 Å². The van der Waals surface area contributed by atoms with Crippen molar-refractivity contribution in [3.05, 3.63) is 22.9 Å². The largest absolute Gasteiger partial charge is 0.504 e. The number of nitrogens with zero attached hydrogens (tertiary/aromatic N) is 6. The minimum Gasteiger partial charge on any atom is -0.504 e. The lowest BCUT2D eigenvalue weighted by atomic mass is 9.93. The number of piperidine rings is 1. The van der Waals surface area contributed by atoms with Crippen LogP contribution >= 0.6 is 27.7 Å². The summed E-state index contributed by atoms with van der Waals surface area (Å²) in [4.78, 5) is 43.5. The molecule has 2 aliphatic rings. The van der Waals surface area contributed by atoms with Crippen LogP contribution in [0.4, 0.5) is 5.82 Å². The van der Waals surface area contributed by atoms with Crippen molar-refractivity contribution in [3.8, 4) is 11.5 Å². The number of phenols is 2. The second-order valence-electron chi connectivity index (χ2n) is 10.8. The Labute approximate surface area is 256 Å². The third kappa shape index (κ3) is 6.45. The number of ether oxygens (including phenoxy) is 1. The van der Waals surface area contributed by atoms with Gasteiger partial charge in [0, 0.05) is 29.0 Å². The molecule has 226 valence electrons. The van der Waals surface area contributed by atoms with Gasteiger partial charge in [-0.15, -0.1) is 0 Å². The number of anilines is 1. The number of carbonyl (C=O) groups is 2. The van der Waals surface area contributed by atoms with E-state index < -0.39 is 6.10 Å². The highest BCUT2D eigenvalue weighted by Crippen LogP contribution is 2.40. The number of carbonyl (C=O) groups excluding carboxylic acids is 2. The van der Waals surface area contributed by atoms with Crippen molar-refractivity contribution >= 4 is 56.6 Å². The second kappa shape index (κ2) is 13.0. The SMILES string of the molecule is CCN1CCCC1C(=O)O[C@@H](C)C(=O)N1CCC(CCn2c(Sc3cc(O)c(O)cc3Br)nc3c(N)ncnc32)CC1. The maximum atomic E-state index is 13.1. The summed E-state index contributed by atoms with van der Waals surface area (Å²) in [5.41, 5.74) is 7.23. The highest BCUT2D eigenvalue weighted by Gasteiger charge is 2.34. The smallest absolute Gasteiger partial charge is 0.324 e. The number of likely N-dealkylation sites (N-methyl/N-ethyl adjacent to an activating group) is 1. The van der Waals surface area contributed by atoms with E-state index in [1.165, 1.54) is 30.2 Å². The van der Waals surface area contributed by atoms with Crippen LogP contribution in [0.2, 0.25) is 0 Å². The Kier molecular flexibility index (Phi) is 9.43. The van der Waals surface area contributed by atoms with Gasteiger partial charge in [0.25, 0.3) is 5.91 Å². The predicted molar refractivity (Wildman–Crippen MR) is 161 cm³/mol. The molecule has 12 nitrogen and oxygen atoms in total. The fraction of sp³-hybridized carbons (Fsp3) is 0.536. The summed E-state index contributed by atoms with van der Waals surface area (Å²) in [6, 6.07) is 2.66. The highest BCUT2D eigenvalue weighted by atomic mass is 79.9. The standard InChI is InChI=1S/C28H36BrN7O5S/c1-3-34-9-4-5-19(34)27(40)41-16(2)26(39)35-10-6-17(7-11-35)8-12-36-25-23(24(30)31-15-32-25)33-28(36)42-22-14-21(38)20(37)13-18(22)29/h13-17,19,37-38H,3-12H2,1-2H3,(H2,30,31,32)/t16-,19?/m0/s1. The summed E-state index contributed by atoms with van der Waals surface area (Å²) in [5.74, 6) is -0.228. The Morgan fingerprint density at radius 2 is 1.90 bits per heavy atom. The Balaban J connectivity index is 1.20. The average molecular weight is 663 g/mol. The van der Waals surface area contributed by atoms with Crippen LogP contribution in [0, 0.1) is 5.92 Å². The lowest BCUT2D eigenvalue weighted by Gasteiger charge is -2.34. The maximum absolute atomic E-state index is 13.1. The molecule has 2 fully saturated rings. The fourth-order valence-corrected chi connectivity index (χ4v) is 7.23. The molecule has 3 aromatic rings. The number of nitrogens with two attached hydrogens (primary N) is 1. The van der Waals surface area contributed by atoms with Crippen LogP contribution in [0.5, 0.6) is 11.5 Å². The van der Waals surface area contributed by atoms with Crippen molar-refractivity contribution in [1.82, 2.24) is 29.3 Å². The highest BCUT2D eigenvalue weighted by molar-refractivity contribution is 9.10. The number of amides is 1. The van der Waals surface area contributed by atoms with Crippen molar-refractivity contribution in [3.63, 3.8) is 0 Å². The van der Waals surface area contributed by atoms with Gasteiger partial charge in [0.2, 0.25) is 0 Å². The van der Waals surface area contributed by atoms with E-state index in [2.05, 4.69) is 30.8 Å². The van der Waals surface area contributed by atoms with Crippen LogP contribution in [-0.2, 0) is 20.9 Å². The van der Waals surface area contributed by atoms with Crippen LogP contribution in [0.1, 0.15) is 46.0 Å². The molecule has 0 radical (unpaired) electrons. The topological polar surface area (TPSA) is 160 Å². The summed E-state index contributed by atoms with van der Waals surface area (Å²) >= 11 is 4.76. The normalized spacial score (nSPS) is 18.9. The predicted octanol–water partition coefficient (Wildman–Crippen LogP) is 3.78. The molecule has 4 heterocycles. The molecule has 4 N–H and O–H groups in total. The number of phenolic OH excluding ortho intramolecular Hbond substituents is 2. The third-order valence-corrected chi connectivity index (χ3v) is 10.1. The number of halogens is 1. The molecule has 5 rings (SSSR count). The van der Waals surface area contributed by atoms with E-state index in [0.717, 1.165) is 45.2 Å². The van der Waals surface area contributed by atoms with Crippen LogP contribution in [-0.4, -0.2) is 89.7 Å². The summed E-state index contributed by atoms with van der Waals surface area (Å²) in [6.45, 7) is 7.22. The zero-order chi connectivity index (χ0) is 30.0. The second-order valence-corrected chi connectivity index (χ2v) is 12.6. The van der Waals surface area contributed by atoms with Crippen LogP contribution in [0.3, 0.4) is 0 Å². The zero-order valence-corrected chi connectivity index (χ0v) is 26.1. The first kappa shape index (κ1) is 30.4. The molecule has 0 bridgehead atoms. The Morgan fingerprint density at radius 3 is 2.64 bits per heavy atom. The molecular weight excluding hydrogens is 626 g/mol. The van der Waals surface area contributed by atoms with E-state index in [1.54, 1.807) is 11.8 Å². The first-order chi connectivity index (χ1) is 20.2. The number of aromatic hydroxyl groups is 2. The summed E-state index contributed by atoms with van der Waals surface area (Å²) in [7, 11) is 0. The first-order valence-electron chi connectivity index (χ1n) is 14.3. The number of hydrogen-bond acceptors (Lipinski definition) is 11. The van der Waals surface area contributed by atoms with Crippen molar-refractivity contribution < 1.29 is 24.5 Å². The van der Waals surface area contributed by atoms with E-state index in [4.69, 9.17) is 15.5 Å². The lowest BCUT2D eigenvalue weighted by Crippen LogP contribution is -2.46. The van der Waals surface area contributed by atoms with Gasteiger partial charge in [-0.3, -0.25) is 14.5 Å². The van der Waals surface area contributed by atoms with E-state index in [9.17, 15) is 19.8 Å². The number of rotatable bonds is 9. The zero-order valence-electron chi connectivity index (χ0n) is 23.7. The molecule has 2 aliphatic heterocycles. The molecule has 2 aromatic heterocycles. The molecule has 2 saturated heterocycles. The Bertz CT molecular complexity index is 1460. The summed E-state index contributed by atoms with van der Waals surface area (Å²) in [5, 5.41) is 20.5. The third-order valence-electron chi connectivity index (χ3n) is 8.13. The van der Waals surface area contributed by atoms with E-state index in [0.29, 0.717) is 51.2 Å². The number of aryl methyl sites for hydroxylation is 1. The molecule has 1 aromatic carbocycles. The Hall–Kier alpha value is -3.10. The van der Waals surface area contributed by atoms with Gasteiger partial charge in [0.1, 0.15) is 12.4 Å². The number of hydrogen-bond donors (Lipinski definition) is 3. The number of esters is 1. The number of benzene rings is 1. The molecule has 42 heavy (non-hydrogen) atoms. The molecular formula is C28H36BrN7O5S. The van der Waals surface area contributed by atoms with Gasteiger partial charge in [-0.05, 0) is 86.1 Å². The van der Waals surface area contributed by atoms with Crippen LogP contribution in [0.25, 0.3) is 11.2 Å². The van der Waals surface area contributed by atoms with E-state index in [1.807, 2.05) is 11.5 Å². The molecule has 2 atom stereocenters. The number of fused-ring (bicyclic) bond motifs is 1. The van der Waals surface area contributed by atoms with Gasteiger partial charge in [0.15, 0.2) is 39.7 Å². The first-order valence-corrected chi connectivity index (χ1v) is 15.9. The Morgan fingerprint density at radius 1 is 1.17 bits per heavy atom. The van der Waals surface area contributed by atoms with Gasteiger partial charge in [-0.25, -0.2) is 15.0 Å². The van der Waals surface area contributed by atoms with E-state index >= 15 is 0 Å². The molecule has 0 aliphatic carbocycles. The number of imidazole rings is 1. The van der Waals surface area contributed by atoms with Crippen molar-refractivity contribution in [2.75, 3.05) is 31.9 Å². The van der Waals surface area contributed by atoms with E-state index in [-0.39, 0.29) is 35.2 Å². The number of likely N-dealkylation sites (tertiary alicyclic amines) is 2. The molecule has 1 unspecified atom stereocenters. The number of aromatic nitrogens is 4. The average Bonchev–Trinajstić information content (AvgIpc) is 3.60. The van der Waals surface area contributed by atoms with Gasteiger partial charge >= 0.3 is 5.97 Å². The maximum Gasteiger partial charge on any atom is 0.324 e. The molecule has 1 amide bonds. The fourth-order valence-electron chi connectivity index (χ4n) is 5.71. The molecule has 0 saturated carbocycles. The van der Waals surface area contributed by atoms with Crippen LogP contribution < -0.4 is 5.73 Å². The summed E-state index contributed by atoms with van der Waals surface area (Å²) in [6.07, 6.45) is 4.87. The molecule has 14 heteroatoms. The van der Waals surface area contributed by atoms with Crippen LogP contribution in [0.15, 0.2) is 33.0 Å². The van der Waals surface area contributed by atoms with Gasteiger partial charge < -0.3 is 30.2 Å². The number of nitrogen functional groups attached to an aromatic ring is 1. The summed E-state index contributed by atoms with van der Waals surface area (Å²) < 4.78 is 8.21. The van der Waals surface area contributed by atoms with Gasteiger partial charge in [0.05, 0.1) is 0 Å². The monoisotopic (exact) mass is 661 g/mol.